The molecule has 1 aromatic carbocycles. The summed E-state index contributed by atoms with van der Waals surface area (Å²) in [7, 11) is 2.05. The Kier molecular flexibility index (Phi) is 6.11. The summed E-state index contributed by atoms with van der Waals surface area (Å²) in [4.78, 5) is 2.18. The minimum atomic E-state index is -0.743. The van der Waals surface area contributed by atoms with Gasteiger partial charge in [0.15, 0.2) is 0 Å². The summed E-state index contributed by atoms with van der Waals surface area (Å²) in [5.41, 5.74) is 6.08. The van der Waals surface area contributed by atoms with Crippen molar-refractivity contribution in [3.05, 3.63) is 76.5 Å². The molecular formula is C26H23N5. The first kappa shape index (κ1) is 21.6. The third kappa shape index (κ3) is 4.14. The Morgan fingerprint density at radius 2 is 1.52 bits per heavy atom. The first-order valence-corrected chi connectivity index (χ1v) is 10.1. The summed E-state index contributed by atoms with van der Waals surface area (Å²) in [5.74, 6) is -1.47. The Hall–Kier alpha value is -4.06. The number of likely N-dealkylation sites (N-methyl/N-ethyl adjacent to an activating group) is 1. The van der Waals surface area contributed by atoms with Crippen LogP contribution in [-0.2, 0) is 5.41 Å². The van der Waals surface area contributed by atoms with E-state index in [0.717, 1.165) is 22.4 Å². The molecule has 0 saturated heterocycles. The van der Waals surface area contributed by atoms with Gasteiger partial charge in [0.05, 0.1) is 24.3 Å². The Morgan fingerprint density at radius 3 is 2.13 bits per heavy atom. The molecule has 1 aliphatic carbocycles. The zero-order valence-corrected chi connectivity index (χ0v) is 17.9. The highest BCUT2D eigenvalue weighted by atomic mass is 15.2. The summed E-state index contributed by atoms with van der Waals surface area (Å²) in [6.07, 6.45) is 8.59. The molecule has 0 bridgehead atoms. The second-order valence-electron chi connectivity index (χ2n) is 8.29. The molecule has 0 radical (unpaired) electrons. The van der Waals surface area contributed by atoms with E-state index >= 15 is 0 Å². The number of hydrogen-bond acceptors (Lipinski definition) is 5. The number of benzene rings is 1. The number of nitrogens with zero attached hydrogens (tertiary/aromatic N) is 5. The lowest BCUT2D eigenvalue weighted by Gasteiger charge is -2.23. The first-order valence-electron chi connectivity index (χ1n) is 10.1. The maximum Gasteiger partial charge on any atom is 0.137 e. The van der Waals surface area contributed by atoms with Crippen molar-refractivity contribution in [2.45, 2.75) is 32.1 Å². The number of nitriles is 4. The van der Waals surface area contributed by atoms with Gasteiger partial charge < -0.3 is 4.90 Å². The van der Waals surface area contributed by atoms with Crippen molar-refractivity contribution in [3.63, 3.8) is 0 Å². The molecule has 2 aliphatic rings. The molecular weight excluding hydrogens is 382 g/mol. The summed E-state index contributed by atoms with van der Waals surface area (Å²) >= 11 is 0. The van der Waals surface area contributed by atoms with E-state index in [0.29, 0.717) is 12.8 Å². The monoisotopic (exact) mass is 405 g/mol. The third-order valence-electron chi connectivity index (χ3n) is 5.92. The average molecular weight is 406 g/mol. The Balaban J connectivity index is 1.98. The molecule has 5 heteroatoms. The van der Waals surface area contributed by atoms with Gasteiger partial charge in [0, 0.05) is 36.7 Å². The second-order valence-corrected chi connectivity index (χ2v) is 8.29. The van der Waals surface area contributed by atoms with Crippen molar-refractivity contribution in [2.24, 2.45) is 11.8 Å². The van der Waals surface area contributed by atoms with E-state index < -0.39 is 11.8 Å². The van der Waals surface area contributed by atoms with Gasteiger partial charge in [0.25, 0.3) is 0 Å². The summed E-state index contributed by atoms with van der Waals surface area (Å²) in [6, 6.07) is 16.4. The van der Waals surface area contributed by atoms with Crippen molar-refractivity contribution in [1.29, 1.82) is 21.0 Å². The van der Waals surface area contributed by atoms with Crippen molar-refractivity contribution in [2.75, 3.05) is 11.9 Å². The second kappa shape index (κ2) is 8.75. The number of allylic oxidation sites excluding steroid dienone is 8. The Labute approximate surface area is 183 Å². The molecule has 5 nitrogen and oxygen atoms in total. The van der Waals surface area contributed by atoms with E-state index in [2.05, 4.69) is 44.0 Å². The smallest absolute Gasteiger partial charge is 0.137 e. The van der Waals surface area contributed by atoms with Gasteiger partial charge in [0.2, 0.25) is 0 Å². The van der Waals surface area contributed by atoms with Crippen molar-refractivity contribution < 1.29 is 0 Å². The molecule has 0 saturated carbocycles. The van der Waals surface area contributed by atoms with E-state index in [1.807, 2.05) is 54.6 Å². The Morgan fingerprint density at radius 1 is 0.903 bits per heavy atom. The van der Waals surface area contributed by atoms with Gasteiger partial charge in [-0.05, 0) is 34.4 Å². The minimum Gasteiger partial charge on any atom is -0.347 e. The number of anilines is 1. The van der Waals surface area contributed by atoms with Crippen LogP contribution in [0.4, 0.5) is 5.69 Å². The lowest BCUT2D eigenvalue weighted by atomic mass is 9.83. The number of para-hydroxylation sites is 1. The summed E-state index contributed by atoms with van der Waals surface area (Å²) < 4.78 is 0. The molecule has 0 unspecified atom stereocenters. The predicted octanol–water partition coefficient (Wildman–Crippen LogP) is 5.20. The van der Waals surface area contributed by atoms with Crippen LogP contribution >= 0.6 is 0 Å². The zero-order valence-electron chi connectivity index (χ0n) is 17.9. The van der Waals surface area contributed by atoms with Crippen molar-refractivity contribution >= 4 is 5.69 Å². The van der Waals surface area contributed by atoms with Crippen molar-refractivity contribution in [1.82, 2.24) is 0 Å². The van der Waals surface area contributed by atoms with E-state index in [1.165, 1.54) is 11.3 Å². The molecule has 3 rings (SSSR count). The van der Waals surface area contributed by atoms with E-state index in [4.69, 9.17) is 10.5 Å². The maximum absolute atomic E-state index is 9.23. The number of rotatable bonds is 5. The van der Waals surface area contributed by atoms with Gasteiger partial charge in [-0.15, -0.1) is 0 Å². The molecule has 31 heavy (non-hydrogen) atoms. The summed E-state index contributed by atoms with van der Waals surface area (Å²) in [6.45, 7) is 4.39. The van der Waals surface area contributed by atoms with Gasteiger partial charge in [-0.25, -0.2) is 0 Å². The highest BCUT2D eigenvalue weighted by molar-refractivity contribution is 5.70. The van der Waals surface area contributed by atoms with Crippen LogP contribution in [0.25, 0.3) is 0 Å². The lowest BCUT2D eigenvalue weighted by molar-refractivity contribution is 0.640. The maximum atomic E-state index is 9.23. The van der Waals surface area contributed by atoms with Crippen LogP contribution < -0.4 is 4.90 Å². The van der Waals surface area contributed by atoms with Gasteiger partial charge in [-0.2, -0.15) is 21.0 Å². The van der Waals surface area contributed by atoms with Crippen LogP contribution in [0.5, 0.6) is 0 Å². The van der Waals surface area contributed by atoms with Gasteiger partial charge >= 0.3 is 0 Å². The quantitative estimate of drug-likeness (QED) is 0.670. The average Bonchev–Trinajstić information content (AvgIpc) is 3.24. The predicted molar refractivity (Wildman–Crippen MR) is 119 cm³/mol. The topological polar surface area (TPSA) is 98.4 Å². The first-order chi connectivity index (χ1) is 14.8. The zero-order chi connectivity index (χ0) is 22.6. The fourth-order valence-corrected chi connectivity index (χ4v) is 4.26. The van der Waals surface area contributed by atoms with Crippen molar-refractivity contribution in [3.8, 4) is 24.3 Å². The van der Waals surface area contributed by atoms with E-state index in [-0.39, 0.29) is 5.41 Å². The van der Waals surface area contributed by atoms with Gasteiger partial charge in [-0.3, -0.25) is 0 Å². The third-order valence-corrected chi connectivity index (χ3v) is 5.92. The molecule has 0 aromatic heterocycles. The fraction of sp³-hybridized carbons (Fsp3) is 0.308. The van der Waals surface area contributed by atoms with Crippen LogP contribution in [0.3, 0.4) is 0 Å². The van der Waals surface area contributed by atoms with Crippen LogP contribution in [0.1, 0.15) is 32.3 Å². The molecule has 0 amide bonds. The van der Waals surface area contributed by atoms with Crippen LogP contribution in [0.2, 0.25) is 0 Å². The lowest BCUT2D eigenvalue weighted by Crippen LogP contribution is -2.22. The molecule has 152 valence electrons. The molecule has 0 N–H and O–H groups in total. The van der Waals surface area contributed by atoms with Gasteiger partial charge in [0.1, 0.15) is 11.8 Å². The van der Waals surface area contributed by atoms with Crippen LogP contribution in [0, 0.1) is 57.2 Å². The van der Waals surface area contributed by atoms with Crippen LogP contribution in [-0.4, -0.2) is 7.05 Å². The number of hydrogen-bond donors (Lipinski definition) is 0. The molecule has 0 spiro atoms. The van der Waals surface area contributed by atoms with Gasteiger partial charge in [-0.1, -0.05) is 50.3 Å². The standard InChI is InChI=1S/C26H23N5/c1-26(2)23-6-4-5-7-24(23)31(3)25(26)9-8-21-11-18(10-19(14-27)15-28)12-22(21)13-20(16-29)17-30/h4-9,11-12,19-20H,10,13H2,1-3H3/b21-8-,25-9-. The molecule has 1 heterocycles. The molecule has 1 aliphatic heterocycles. The summed E-state index contributed by atoms with van der Waals surface area (Å²) in [5, 5.41) is 36.7. The normalized spacial score (nSPS) is 18.9. The minimum absolute atomic E-state index is 0.161. The molecule has 0 fully saturated rings. The van der Waals surface area contributed by atoms with Crippen LogP contribution in [0.15, 0.2) is 71.0 Å². The highest BCUT2D eigenvalue weighted by Gasteiger charge is 2.37. The Bertz CT molecular complexity index is 1150. The largest absolute Gasteiger partial charge is 0.347 e. The molecule has 1 aromatic rings. The number of fused-ring (bicyclic) bond motifs is 1. The van der Waals surface area contributed by atoms with E-state index in [1.54, 1.807) is 0 Å². The highest BCUT2D eigenvalue weighted by Crippen LogP contribution is 2.46. The van der Waals surface area contributed by atoms with E-state index in [9.17, 15) is 10.5 Å². The SMILES string of the molecule is CN1/C(=C\C=C2\C=C(CC(C#N)C#N)C=C2CC(C#N)C#N)C(C)(C)c2ccccc21. The fourth-order valence-electron chi connectivity index (χ4n) is 4.26. The molecule has 0 atom stereocenters.